The van der Waals surface area contributed by atoms with Crippen molar-refractivity contribution in [2.24, 2.45) is 40.4 Å². The highest BCUT2D eigenvalue weighted by molar-refractivity contribution is 5.99. The molecule has 2 aromatic rings. The minimum Gasteiger partial charge on any atom is -0.469 e. The minimum absolute atomic E-state index is 0.0964. The van der Waals surface area contributed by atoms with Gasteiger partial charge in [0, 0.05) is 58.4 Å². The molecule has 0 bridgehead atoms. The lowest BCUT2D eigenvalue weighted by Crippen LogP contribution is -2.60. The largest absolute Gasteiger partial charge is 0.469 e. The number of nitrogens with two attached hydrogens (primary N) is 1. The zero-order valence-electron chi connectivity index (χ0n) is 55.4. The molecular weight excluding hydrogens is 1180 g/mol. The van der Waals surface area contributed by atoms with E-state index in [1.807, 2.05) is 32.0 Å². The summed E-state index contributed by atoms with van der Waals surface area (Å²) in [5, 5.41) is 30.1. The molecule has 3 rings (SSSR count). The summed E-state index contributed by atoms with van der Waals surface area (Å²) in [5.74, 6) is -7.67. The Kier molecular flexibility index (Phi) is 32.3. The first kappa shape index (κ1) is 77.3. The Morgan fingerprint density at radius 3 is 1.92 bits per heavy atom. The fourth-order valence-corrected chi connectivity index (χ4v) is 11.1. The Hall–Kier alpha value is -7.91. The summed E-state index contributed by atoms with van der Waals surface area (Å²) in [6.07, 6.45) is -1.92. The fourth-order valence-electron chi connectivity index (χ4n) is 11.1. The predicted octanol–water partition coefficient (Wildman–Crippen LogP) is 3.85. The number of amides is 9. The Balaban J connectivity index is 1.68. The molecule has 1 saturated heterocycles. The van der Waals surface area contributed by atoms with Gasteiger partial charge >= 0.3 is 12.1 Å². The van der Waals surface area contributed by atoms with E-state index in [0.29, 0.717) is 36.9 Å². The summed E-state index contributed by atoms with van der Waals surface area (Å²) in [5.41, 5.74) is 16.0. The van der Waals surface area contributed by atoms with Gasteiger partial charge in [-0.25, -0.2) is 4.79 Å². The van der Waals surface area contributed by atoms with Crippen molar-refractivity contribution in [3.63, 3.8) is 0 Å². The van der Waals surface area contributed by atoms with Crippen LogP contribution in [-0.2, 0) is 68.7 Å². The molecule has 28 nitrogen and oxygen atoms in total. The molecule has 0 spiro atoms. The summed E-state index contributed by atoms with van der Waals surface area (Å²) < 4.78 is 22.3. The van der Waals surface area contributed by atoms with E-state index < -0.39 is 144 Å². The Morgan fingerprint density at radius 1 is 0.747 bits per heavy atom. The summed E-state index contributed by atoms with van der Waals surface area (Å²) in [7, 11) is 7.20. The van der Waals surface area contributed by atoms with Crippen LogP contribution in [0.15, 0.2) is 59.7 Å². The average Bonchev–Trinajstić information content (AvgIpc) is 1.94. The van der Waals surface area contributed by atoms with Crippen molar-refractivity contribution in [2.75, 3.05) is 60.4 Å². The number of nitrogens with one attached hydrogen (secondary N) is 6. The molecule has 2 aromatic carbocycles. The number of carbonyl (C=O) groups is 10. The molecule has 13 atom stereocenters. The molecule has 1 aliphatic heterocycles. The number of likely N-dealkylation sites (tertiary alicyclic amines) is 1. The van der Waals surface area contributed by atoms with Crippen LogP contribution in [0, 0.1) is 29.6 Å². The number of rotatable bonds is 36. The van der Waals surface area contributed by atoms with Crippen LogP contribution in [0.4, 0.5) is 10.5 Å². The molecule has 9 N–H and O–H groups in total. The summed E-state index contributed by atoms with van der Waals surface area (Å²) >= 11 is 0. The first-order chi connectivity index (χ1) is 43.0. The fraction of sp³-hybridized carbons (Fsp3) is 0.651. The lowest BCUT2D eigenvalue weighted by molar-refractivity contribution is -0.148. The number of aliphatic hydroxyl groups is 1. The van der Waals surface area contributed by atoms with Crippen LogP contribution in [0.2, 0.25) is 0 Å². The smallest absolute Gasteiger partial charge is 0.410 e. The number of likely N-dealkylation sites (N-methyl/N-ethyl adjacent to an activating group) is 2. The monoisotopic (exact) mass is 1280 g/mol. The number of hydrogen-bond donors (Lipinski definition) is 8. The highest BCUT2D eigenvalue weighted by Gasteiger charge is 2.44. The van der Waals surface area contributed by atoms with Gasteiger partial charge in [-0.3, -0.25) is 48.1 Å². The van der Waals surface area contributed by atoms with E-state index >= 15 is 0 Å². The van der Waals surface area contributed by atoms with Crippen molar-refractivity contribution in [3.05, 3.63) is 76.2 Å². The molecule has 1 aliphatic rings. The number of nitrogens with zero attached hydrogens (tertiary/aromatic N) is 6. The predicted molar refractivity (Wildman–Crippen MR) is 338 cm³/mol. The normalized spacial score (nSPS) is 17.0. The number of carbonyl (C=O) groups excluding carboxylic acids is 10. The molecule has 0 saturated carbocycles. The molecule has 0 aromatic heterocycles. The molecule has 91 heavy (non-hydrogen) atoms. The number of ether oxygens (including phenoxy) is 4. The van der Waals surface area contributed by atoms with E-state index in [4.69, 9.17) is 25.5 Å². The topological polar surface area (TPSA) is 385 Å². The van der Waals surface area contributed by atoms with Gasteiger partial charge in [0.05, 0.1) is 55.9 Å². The maximum Gasteiger partial charge on any atom is 0.410 e. The quantitative estimate of drug-likeness (QED) is 0.0208. The van der Waals surface area contributed by atoms with Crippen molar-refractivity contribution in [3.8, 4) is 0 Å². The molecule has 1 heterocycles. The van der Waals surface area contributed by atoms with E-state index in [9.17, 15) is 53.1 Å². The second-order valence-corrected chi connectivity index (χ2v) is 24.2. The van der Waals surface area contributed by atoms with Gasteiger partial charge in [0.2, 0.25) is 47.3 Å². The number of aliphatic hydroxyl groups excluding tert-OH is 1. The molecule has 1 fully saturated rings. The van der Waals surface area contributed by atoms with E-state index in [0.717, 1.165) is 12.0 Å². The molecule has 0 unspecified atom stereocenters. The van der Waals surface area contributed by atoms with Gasteiger partial charge in [-0.1, -0.05) is 116 Å². The van der Waals surface area contributed by atoms with Crippen LogP contribution in [0.25, 0.3) is 10.4 Å². The molecule has 506 valence electrons. The summed E-state index contributed by atoms with van der Waals surface area (Å²) in [4.78, 5) is 142. The number of anilines is 1. The third kappa shape index (κ3) is 22.8. The molecule has 0 aliphatic carbocycles. The highest BCUT2D eigenvalue weighted by Crippen LogP contribution is 2.30. The number of azide groups is 1. The maximum atomic E-state index is 14.8. The van der Waals surface area contributed by atoms with Gasteiger partial charge in [-0.15, -0.1) is 0 Å². The zero-order chi connectivity index (χ0) is 68.4. The third-order valence-electron chi connectivity index (χ3n) is 16.6. The highest BCUT2D eigenvalue weighted by atomic mass is 16.6. The summed E-state index contributed by atoms with van der Waals surface area (Å²) in [6.45, 7) is 17.0. The van der Waals surface area contributed by atoms with Crippen LogP contribution in [0.3, 0.4) is 0 Å². The van der Waals surface area contributed by atoms with Crippen LogP contribution < -0.4 is 37.6 Å². The van der Waals surface area contributed by atoms with Crippen molar-refractivity contribution >= 4 is 65.0 Å². The average molecular weight is 1280 g/mol. The van der Waals surface area contributed by atoms with Gasteiger partial charge in [0.15, 0.2) is 0 Å². The SMILES string of the molecule is CC[C@H](C)[C@@H]([C@@H](CC(=O)N1CCC[C@H]1[C@H](OC)[C@@H](C)C(=O)N[C@H](C)[C@@H](O)c1ccccc1)OC)N(C)C(=O)[C@@H](NC(=O)[C@H](C(C)C)N(C)C(=O)OCc1ccc(NC(=O)[C@H](CN)NC(=O)[C@@H](NC(=O)[C@H](CCC(=O)OC)NC(=O)CN=[N+]=[N-])C(C)C)cc1)C(C)C. The van der Waals surface area contributed by atoms with E-state index in [2.05, 4.69) is 46.7 Å². The Bertz CT molecular complexity index is 2790. The maximum absolute atomic E-state index is 14.8. The second kappa shape index (κ2) is 38.1. The van der Waals surface area contributed by atoms with Gasteiger partial charge in [-0.05, 0) is 78.6 Å². The number of hydrogen-bond acceptors (Lipinski definition) is 17. The van der Waals surface area contributed by atoms with E-state index in [1.54, 1.807) is 91.6 Å². The number of benzene rings is 2. The molecule has 0 radical (unpaired) electrons. The second-order valence-electron chi connectivity index (χ2n) is 24.2. The first-order valence-electron chi connectivity index (χ1n) is 30.9. The van der Waals surface area contributed by atoms with Gasteiger partial charge in [-0.2, -0.15) is 0 Å². The van der Waals surface area contributed by atoms with Crippen LogP contribution in [0.1, 0.15) is 125 Å². The van der Waals surface area contributed by atoms with Crippen molar-refractivity contribution in [1.82, 2.24) is 41.3 Å². The Labute approximate surface area is 534 Å². The van der Waals surface area contributed by atoms with Crippen LogP contribution in [0.5, 0.6) is 0 Å². The first-order valence-corrected chi connectivity index (χ1v) is 30.9. The standard InChI is InChI=1S/C63H99N13O15/c1-16-38(8)54(47(88-13)31-49(78)76-30-20-23-46(76)56(90-15)39(9)57(81)67-40(10)55(80)42-21-18-17-19-22-42)74(11)62(86)52(36(4)5)72-61(85)53(37(6)7)75(12)63(87)91-34-41-24-26-43(27-25-41)68-59(83)45(32-64)70-60(84)51(35(2)3)71-58(82)44(28-29-50(79)89-14)69-48(77)33-66-73-65/h17-19,21-22,24-27,35-40,44-47,51-56,80H,16,20,23,28-34,64H2,1-15H3,(H,67,81)(H,68,83)(H,69,77)(H,70,84)(H,71,82)(H,72,85)/t38-,39+,40+,44-,45-,46-,47+,51-,52-,53-,54-,55+,56+/m0/s1. The lowest BCUT2D eigenvalue weighted by Gasteiger charge is -2.41. The number of esters is 1. The van der Waals surface area contributed by atoms with Crippen LogP contribution in [-0.4, -0.2) is 195 Å². The molecule has 9 amide bonds. The van der Waals surface area contributed by atoms with Crippen molar-refractivity contribution < 1.29 is 72.0 Å². The van der Waals surface area contributed by atoms with Crippen molar-refractivity contribution in [2.45, 2.75) is 181 Å². The van der Waals surface area contributed by atoms with Gasteiger partial charge < -0.3 is 71.5 Å². The third-order valence-corrected chi connectivity index (χ3v) is 16.6. The van der Waals surface area contributed by atoms with E-state index in [1.165, 1.54) is 38.3 Å². The van der Waals surface area contributed by atoms with Crippen LogP contribution >= 0.6 is 0 Å². The minimum atomic E-state index is -1.32. The number of methoxy groups -OCH3 is 3. The molecular formula is C63H99N13O15. The van der Waals surface area contributed by atoms with Crippen molar-refractivity contribution in [1.29, 1.82) is 0 Å². The van der Waals surface area contributed by atoms with E-state index in [-0.39, 0.29) is 55.8 Å². The Morgan fingerprint density at radius 2 is 1.37 bits per heavy atom. The molecule has 28 heteroatoms. The van der Waals surface area contributed by atoms with Gasteiger partial charge in [0.25, 0.3) is 0 Å². The van der Waals surface area contributed by atoms with Gasteiger partial charge in [0.1, 0.15) is 43.4 Å². The lowest BCUT2D eigenvalue weighted by atomic mass is 9.89. The zero-order valence-corrected chi connectivity index (χ0v) is 55.4. The summed E-state index contributed by atoms with van der Waals surface area (Å²) in [6, 6.07) is 7.58.